The van der Waals surface area contributed by atoms with Gasteiger partial charge in [0.2, 0.25) is 0 Å². The van der Waals surface area contributed by atoms with Gasteiger partial charge in [0.15, 0.2) is 0 Å². The van der Waals surface area contributed by atoms with Gasteiger partial charge in [-0.25, -0.2) is 0 Å². The van der Waals surface area contributed by atoms with E-state index in [1.54, 1.807) is 0 Å². The van der Waals surface area contributed by atoms with Crippen LogP contribution in [-0.4, -0.2) is 12.6 Å². The van der Waals surface area contributed by atoms with Crippen LogP contribution in [0.3, 0.4) is 0 Å². The minimum absolute atomic E-state index is 0.406. The topological polar surface area (TPSA) is 34.1 Å². The zero-order chi connectivity index (χ0) is 12.5. The summed E-state index contributed by atoms with van der Waals surface area (Å²) in [5.74, 6) is 0.406. The van der Waals surface area contributed by atoms with Crippen molar-refractivity contribution in [2.24, 2.45) is 5.92 Å². The summed E-state index contributed by atoms with van der Waals surface area (Å²) in [6, 6.07) is 7.51. The molecule has 0 bridgehead atoms. The highest BCUT2D eigenvalue weighted by Crippen LogP contribution is 2.21. The van der Waals surface area contributed by atoms with Gasteiger partial charge in [-0.2, -0.15) is 0 Å². The zero-order valence-corrected chi connectivity index (χ0v) is 10.4. The number of hydrogen-bond donors (Lipinski definition) is 0. The normalized spacial score (nSPS) is 15.6. The maximum absolute atomic E-state index is 10.2. The SMILES string of the molecule is Cc1ccccc1C=O.O=CC1CCCCC1. The number of aryl methyl sites for hydroxylation is 1. The van der Waals surface area contributed by atoms with Crippen LogP contribution in [0.1, 0.15) is 48.0 Å². The monoisotopic (exact) mass is 232 g/mol. The Labute approximate surface area is 103 Å². The lowest BCUT2D eigenvalue weighted by Crippen LogP contribution is -2.06. The third kappa shape index (κ3) is 4.94. The van der Waals surface area contributed by atoms with E-state index in [4.69, 9.17) is 0 Å². The van der Waals surface area contributed by atoms with Gasteiger partial charge < -0.3 is 4.79 Å². The summed E-state index contributed by atoms with van der Waals surface area (Å²) in [7, 11) is 0. The van der Waals surface area contributed by atoms with Gasteiger partial charge in [0.05, 0.1) is 0 Å². The molecule has 0 spiro atoms. The average Bonchev–Trinajstić information content (AvgIpc) is 2.41. The van der Waals surface area contributed by atoms with Gasteiger partial charge in [-0.15, -0.1) is 0 Å². The first-order valence-corrected chi connectivity index (χ1v) is 6.24. The lowest BCUT2D eigenvalue weighted by molar-refractivity contribution is -0.111. The Morgan fingerprint density at radius 3 is 2.12 bits per heavy atom. The van der Waals surface area contributed by atoms with Crippen LogP contribution in [0.25, 0.3) is 0 Å². The standard InChI is InChI=1S/C8H8O.C7H12O/c1-7-4-2-3-5-8(7)6-9;8-6-7-4-2-1-3-5-7/h2-6H,1H3;6-7H,1-5H2. The maximum Gasteiger partial charge on any atom is 0.150 e. The highest BCUT2D eigenvalue weighted by atomic mass is 16.1. The van der Waals surface area contributed by atoms with Crippen molar-refractivity contribution in [1.82, 2.24) is 0 Å². The molecular weight excluding hydrogens is 212 g/mol. The molecule has 1 aliphatic rings. The second-order valence-electron chi connectivity index (χ2n) is 4.51. The van der Waals surface area contributed by atoms with E-state index in [0.29, 0.717) is 5.92 Å². The van der Waals surface area contributed by atoms with Crippen LogP contribution in [0.15, 0.2) is 24.3 Å². The number of aldehydes is 2. The number of benzene rings is 1. The Kier molecular flexibility index (Phi) is 6.23. The number of rotatable bonds is 2. The van der Waals surface area contributed by atoms with Crippen molar-refractivity contribution in [2.75, 3.05) is 0 Å². The van der Waals surface area contributed by atoms with Crippen molar-refractivity contribution in [3.8, 4) is 0 Å². The Bertz CT molecular complexity index is 352. The maximum atomic E-state index is 10.2. The van der Waals surface area contributed by atoms with E-state index < -0.39 is 0 Å². The molecule has 2 nitrogen and oxygen atoms in total. The molecule has 0 aromatic heterocycles. The summed E-state index contributed by atoms with van der Waals surface area (Å²) < 4.78 is 0. The summed E-state index contributed by atoms with van der Waals surface area (Å²) in [6.07, 6.45) is 8.14. The zero-order valence-electron chi connectivity index (χ0n) is 10.4. The van der Waals surface area contributed by atoms with Gasteiger partial charge >= 0.3 is 0 Å². The first kappa shape index (κ1) is 13.6. The molecule has 0 amide bonds. The first-order chi connectivity index (χ1) is 8.27. The van der Waals surface area contributed by atoms with Crippen molar-refractivity contribution in [3.63, 3.8) is 0 Å². The molecule has 0 N–H and O–H groups in total. The molecule has 2 rings (SSSR count). The molecule has 92 valence electrons. The first-order valence-electron chi connectivity index (χ1n) is 6.24. The van der Waals surface area contributed by atoms with Crippen LogP contribution >= 0.6 is 0 Å². The second-order valence-corrected chi connectivity index (χ2v) is 4.51. The van der Waals surface area contributed by atoms with E-state index in [-0.39, 0.29) is 0 Å². The van der Waals surface area contributed by atoms with Gasteiger partial charge in [0.1, 0.15) is 12.6 Å². The smallest absolute Gasteiger partial charge is 0.150 e. The van der Waals surface area contributed by atoms with Crippen LogP contribution in [0.2, 0.25) is 0 Å². The van der Waals surface area contributed by atoms with Crippen molar-refractivity contribution in [1.29, 1.82) is 0 Å². The highest BCUT2D eigenvalue weighted by molar-refractivity contribution is 5.76. The summed E-state index contributed by atoms with van der Waals surface area (Å²) in [4.78, 5) is 20.4. The summed E-state index contributed by atoms with van der Waals surface area (Å²) in [5.41, 5.74) is 1.81. The number of carbonyl (C=O) groups is 2. The van der Waals surface area contributed by atoms with Crippen molar-refractivity contribution in [3.05, 3.63) is 35.4 Å². The minimum atomic E-state index is 0.406. The Balaban J connectivity index is 0.000000171. The molecule has 1 aromatic carbocycles. The van der Waals surface area contributed by atoms with Crippen LogP contribution < -0.4 is 0 Å². The Hall–Kier alpha value is -1.44. The fourth-order valence-electron chi connectivity index (χ4n) is 1.99. The van der Waals surface area contributed by atoms with Crippen molar-refractivity contribution < 1.29 is 9.59 Å². The average molecular weight is 232 g/mol. The third-order valence-electron chi connectivity index (χ3n) is 3.16. The predicted octanol–water partition coefficient (Wildman–Crippen LogP) is 3.57. The van der Waals surface area contributed by atoms with Crippen LogP contribution in [0.4, 0.5) is 0 Å². The highest BCUT2D eigenvalue weighted by Gasteiger charge is 2.10. The molecule has 0 radical (unpaired) electrons. The van der Waals surface area contributed by atoms with Crippen LogP contribution in [0, 0.1) is 12.8 Å². The van der Waals surface area contributed by atoms with Gasteiger partial charge in [0, 0.05) is 11.5 Å². The van der Waals surface area contributed by atoms with E-state index in [0.717, 1.165) is 36.5 Å². The number of hydrogen-bond acceptors (Lipinski definition) is 2. The predicted molar refractivity (Wildman–Crippen MR) is 69.2 cm³/mol. The van der Waals surface area contributed by atoms with E-state index in [2.05, 4.69) is 0 Å². The molecule has 0 heterocycles. The fourth-order valence-corrected chi connectivity index (χ4v) is 1.99. The lowest BCUT2D eigenvalue weighted by Gasteiger charge is -2.14. The molecule has 0 atom stereocenters. The summed E-state index contributed by atoms with van der Waals surface area (Å²) in [5, 5.41) is 0. The van der Waals surface area contributed by atoms with Gasteiger partial charge in [-0.05, 0) is 25.3 Å². The van der Waals surface area contributed by atoms with Crippen LogP contribution in [0.5, 0.6) is 0 Å². The van der Waals surface area contributed by atoms with Gasteiger partial charge in [0.25, 0.3) is 0 Å². The fraction of sp³-hybridized carbons (Fsp3) is 0.467. The molecule has 1 aliphatic carbocycles. The molecule has 2 heteroatoms. The Morgan fingerprint density at radius 1 is 1.06 bits per heavy atom. The lowest BCUT2D eigenvalue weighted by atomic mass is 9.91. The molecule has 1 aromatic rings. The van der Waals surface area contributed by atoms with E-state index in [1.165, 1.54) is 19.3 Å². The van der Waals surface area contributed by atoms with Gasteiger partial charge in [-0.3, -0.25) is 4.79 Å². The van der Waals surface area contributed by atoms with Crippen molar-refractivity contribution in [2.45, 2.75) is 39.0 Å². The third-order valence-corrected chi connectivity index (χ3v) is 3.16. The van der Waals surface area contributed by atoms with E-state index in [9.17, 15) is 9.59 Å². The van der Waals surface area contributed by atoms with E-state index >= 15 is 0 Å². The Morgan fingerprint density at radius 2 is 1.71 bits per heavy atom. The summed E-state index contributed by atoms with van der Waals surface area (Å²) >= 11 is 0. The molecule has 1 fully saturated rings. The molecule has 0 unspecified atom stereocenters. The molecule has 17 heavy (non-hydrogen) atoms. The quantitative estimate of drug-likeness (QED) is 0.730. The summed E-state index contributed by atoms with van der Waals surface area (Å²) in [6.45, 7) is 1.92. The van der Waals surface area contributed by atoms with E-state index in [1.807, 2.05) is 31.2 Å². The second kappa shape index (κ2) is 7.77. The number of carbonyl (C=O) groups excluding carboxylic acids is 2. The molecule has 1 saturated carbocycles. The molecule has 0 aliphatic heterocycles. The van der Waals surface area contributed by atoms with Crippen molar-refractivity contribution >= 4 is 12.6 Å². The van der Waals surface area contributed by atoms with Gasteiger partial charge in [-0.1, -0.05) is 43.5 Å². The molecule has 0 saturated heterocycles. The minimum Gasteiger partial charge on any atom is -0.303 e. The molecular formula is C15H20O2. The largest absolute Gasteiger partial charge is 0.303 e. The van der Waals surface area contributed by atoms with Crippen LogP contribution in [-0.2, 0) is 4.79 Å².